The van der Waals surface area contributed by atoms with E-state index in [0.717, 1.165) is 5.69 Å². The van der Waals surface area contributed by atoms with Crippen LogP contribution in [0.25, 0.3) is 0 Å². The van der Waals surface area contributed by atoms with Gasteiger partial charge in [0.05, 0.1) is 18.1 Å². The van der Waals surface area contributed by atoms with Gasteiger partial charge in [0.25, 0.3) is 0 Å². The van der Waals surface area contributed by atoms with Crippen LogP contribution in [0.4, 0.5) is 5.82 Å². The van der Waals surface area contributed by atoms with Crippen molar-refractivity contribution in [3.8, 4) is 0 Å². The largest absolute Gasteiger partial charge is 0.382 e. The highest BCUT2D eigenvalue weighted by molar-refractivity contribution is 7.79. The second-order valence-corrected chi connectivity index (χ2v) is 3.61. The van der Waals surface area contributed by atoms with Crippen LogP contribution in [0.1, 0.15) is 12.1 Å². The SMILES string of the molecule is Nc1cnc(CCCS(=O)O)cn1. The highest BCUT2D eigenvalue weighted by Gasteiger charge is 1.97. The summed E-state index contributed by atoms with van der Waals surface area (Å²) in [5.74, 6) is 0.654. The molecule has 0 fully saturated rings. The van der Waals surface area contributed by atoms with Crippen LogP contribution in [0.5, 0.6) is 0 Å². The number of nitrogens with zero attached hydrogens (tertiary/aromatic N) is 2. The summed E-state index contributed by atoms with van der Waals surface area (Å²) in [6.07, 6.45) is 4.34. The lowest BCUT2D eigenvalue weighted by Gasteiger charge is -1.98. The van der Waals surface area contributed by atoms with Crippen LogP contribution in [0.3, 0.4) is 0 Å². The molecular formula is C7H11N3O2S. The van der Waals surface area contributed by atoms with E-state index in [9.17, 15) is 4.21 Å². The highest BCUT2D eigenvalue weighted by atomic mass is 32.2. The fourth-order valence-corrected chi connectivity index (χ4v) is 1.26. The molecule has 3 N–H and O–H groups in total. The molecular weight excluding hydrogens is 190 g/mol. The lowest BCUT2D eigenvalue weighted by Crippen LogP contribution is -2.00. The Labute approximate surface area is 78.7 Å². The minimum atomic E-state index is -1.72. The molecule has 1 unspecified atom stereocenters. The number of rotatable bonds is 4. The third kappa shape index (κ3) is 3.95. The zero-order valence-corrected chi connectivity index (χ0v) is 7.83. The van der Waals surface area contributed by atoms with Gasteiger partial charge in [0.15, 0.2) is 11.1 Å². The smallest absolute Gasteiger partial charge is 0.152 e. The van der Waals surface area contributed by atoms with Crippen LogP contribution in [0.15, 0.2) is 12.4 Å². The fourth-order valence-electron chi connectivity index (χ4n) is 0.871. The van der Waals surface area contributed by atoms with E-state index in [2.05, 4.69) is 9.97 Å². The summed E-state index contributed by atoms with van der Waals surface area (Å²) in [6, 6.07) is 0. The molecule has 0 aliphatic carbocycles. The number of hydrogen-bond donors (Lipinski definition) is 2. The Kier molecular flexibility index (Phi) is 3.78. The standard InChI is InChI=1S/C7H11N3O2S/c8-7-5-9-6(4-10-7)2-1-3-13(11)12/h4-5H,1-3H2,(H2,8,10)(H,11,12). The number of hydrogen-bond acceptors (Lipinski definition) is 4. The van der Waals surface area contributed by atoms with Crippen molar-refractivity contribution in [2.45, 2.75) is 12.8 Å². The molecule has 0 aliphatic heterocycles. The minimum absolute atomic E-state index is 0.270. The molecule has 1 aromatic heterocycles. The van der Waals surface area contributed by atoms with Gasteiger partial charge in [-0.25, -0.2) is 9.19 Å². The number of aromatic nitrogens is 2. The lowest BCUT2D eigenvalue weighted by molar-refractivity contribution is 0.561. The Hall–Kier alpha value is -1.01. The molecule has 1 atom stereocenters. The first-order chi connectivity index (χ1) is 6.18. The molecule has 1 heterocycles. The molecule has 5 nitrogen and oxygen atoms in total. The van der Waals surface area contributed by atoms with Crippen LogP contribution >= 0.6 is 0 Å². The molecule has 0 aliphatic rings. The summed E-state index contributed by atoms with van der Waals surface area (Å²) in [5, 5.41) is 0. The van der Waals surface area contributed by atoms with Crippen LogP contribution in [0, 0.1) is 0 Å². The second-order valence-electron chi connectivity index (χ2n) is 2.56. The monoisotopic (exact) mass is 201 g/mol. The van der Waals surface area contributed by atoms with E-state index in [1.807, 2.05) is 0 Å². The van der Waals surface area contributed by atoms with Crippen molar-refractivity contribution in [1.29, 1.82) is 0 Å². The number of nitrogen functional groups attached to an aromatic ring is 1. The predicted molar refractivity (Wildman–Crippen MR) is 50.4 cm³/mol. The average Bonchev–Trinajstić information content (AvgIpc) is 2.08. The van der Waals surface area contributed by atoms with Crippen molar-refractivity contribution in [1.82, 2.24) is 9.97 Å². The molecule has 6 heteroatoms. The number of nitrogens with two attached hydrogens (primary N) is 1. The van der Waals surface area contributed by atoms with E-state index in [4.69, 9.17) is 10.3 Å². The molecule has 0 saturated carbocycles. The summed E-state index contributed by atoms with van der Waals surface area (Å²) >= 11 is -1.72. The first-order valence-corrected chi connectivity index (χ1v) is 5.10. The van der Waals surface area contributed by atoms with Gasteiger partial charge in [-0.1, -0.05) is 0 Å². The normalized spacial score (nSPS) is 12.7. The van der Waals surface area contributed by atoms with Gasteiger partial charge in [-0.15, -0.1) is 0 Å². The maximum atomic E-state index is 10.3. The van der Waals surface area contributed by atoms with Gasteiger partial charge in [0.2, 0.25) is 0 Å². The molecule has 1 aromatic rings. The van der Waals surface area contributed by atoms with Crippen molar-refractivity contribution < 1.29 is 8.76 Å². The molecule has 1 rings (SSSR count). The van der Waals surface area contributed by atoms with E-state index >= 15 is 0 Å². The van der Waals surface area contributed by atoms with Crippen LogP contribution in [-0.2, 0) is 17.5 Å². The topological polar surface area (TPSA) is 89.1 Å². The fraction of sp³-hybridized carbons (Fsp3) is 0.429. The number of aryl methyl sites for hydroxylation is 1. The van der Waals surface area contributed by atoms with Crippen LogP contribution in [-0.4, -0.2) is 24.5 Å². The quantitative estimate of drug-likeness (QED) is 0.680. The van der Waals surface area contributed by atoms with E-state index < -0.39 is 11.1 Å². The molecule has 13 heavy (non-hydrogen) atoms. The predicted octanol–water partition coefficient (Wildman–Crippen LogP) is 0.213. The molecule has 0 saturated heterocycles. The Morgan fingerprint density at radius 1 is 1.46 bits per heavy atom. The summed E-state index contributed by atoms with van der Waals surface area (Å²) in [4.78, 5) is 7.86. The highest BCUT2D eigenvalue weighted by Crippen LogP contribution is 2.00. The van der Waals surface area contributed by atoms with Gasteiger partial charge in [0.1, 0.15) is 5.82 Å². The molecule has 0 amide bonds. The van der Waals surface area contributed by atoms with Crippen LogP contribution in [0.2, 0.25) is 0 Å². The Morgan fingerprint density at radius 3 is 2.77 bits per heavy atom. The Balaban J connectivity index is 2.37. The first-order valence-electron chi connectivity index (χ1n) is 3.82. The van der Waals surface area contributed by atoms with Gasteiger partial charge < -0.3 is 10.3 Å². The maximum absolute atomic E-state index is 10.3. The molecule has 72 valence electrons. The van der Waals surface area contributed by atoms with Crippen LogP contribution < -0.4 is 5.73 Å². The van der Waals surface area contributed by atoms with Crippen molar-refractivity contribution in [2.75, 3.05) is 11.5 Å². The molecule has 0 radical (unpaired) electrons. The van der Waals surface area contributed by atoms with E-state index in [0.29, 0.717) is 18.7 Å². The lowest BCUT2D eigenvalue weighted by atomic mass is 10.3. The second kappa shape index (κ2) is 4.88. The molecule has 0 aromatic carbocycles. The summed E-state index contributed by atoms with van der Waals surface area (Å²) in [5.41, 5.74) is 6.13. The van der Waals surface area contributed by atoms with Gasteiger partial charge in [-0.3, -0.25) is 4.98 Å². The number of anilines is 1. The zero-order valence-electron chi connectivity index (χ0n) is 7.01. The summed E-state index contributed by atoms with van der Waals surface area (Å²) in [7, 11) is 0. The third-order valence-electron chi connectivity index (χ3n) is 1.48. The van der Waals surface area contributed by atoms with Gasteiger partial charge in [0, 0.05) is 5.75 Å². The average molecular weight is 201 g/mol. The van der Waals surface area contributed by atoms with E-state index in [1.54, 1.807) is 6.20 Å². The zero-order chi connectivity index (χ0) is 9.68. The van der Waals surface area contributed by atoms with E-state index in [1.165, 1.54) is 6.20 Å². The van der Waals surface area contributed by atoms with E-state index in [-0.39, 0.29) is 5.75 Å². The van der Waals surface area contributed by atoms with Gasteiger partial charge in [-0.2, -0.15) is 0 Å². The first kappa shape index (κ1) is 10.1. The Bertz CT molecular complexity index is 288. The maximum Gasteiger partial charge on any atom is 0.152 e. The molecule has 0 bridgehead atoms. The van der Waals surface area contributed by atoms with Gasteiger partial charge in [-0.05, 0) is 12.8 Å². The Morgan fingerprint density at radius 2 is 2.23 bits per heavy atom. The van der Waals surface area contributed by atoms with Crippen molar-refractivity contribution in [3.05, 3.63) is 18.1 Å². The van der Waals surface area contributed by atoms with Gasteiger partial charge >= 0.3 is 0 Å². The third-order valence-corrected chi connectivity index (χ3v) is 2.12. The van der Waals surface area contributed by atoms with Crippen molar-refractivity contribution in [3.63, 3.8) is 0 Å². The summed E-state index contributed by atoms with van der Waals surface area (Å²) in [6.45, 7) is 0. The molecule has 0 spiro atoms. The minimum Gasteiger partial charge on any atom is -0.382 e. The van der Waals surface area contributed by atoms with Crippen molar-refractivity contribution >= 4 is 16.9 Å². The summed E-state index contributed by atoms with van der Waals surface area (Å²) < 4.78 is 18.8. The van der Waals surface area contributed by atoms with Crippen molar-refractivity contribution in [2.24, 2.45) is 0 Å².